The maximum Gasteiger partial charge on any atom is 0.252 e. The van der Waals surface area contributed by atoms with Gasteiger partial charge in [-0.15, -0.1) is 0 Å². The Labute approximate surface area is 127 Å². The topological polar surface area (TPSA) is 95.6 Å². The summed E-state index contributed by atoms with van der Waals surface area (Å²) in [7, 11) is 0. The zero-order valence-corrected chi connectivity index (χ0v) is 12.7. The molecule has 1 fully saturated rings. The molecule has 8 heteroatoms. The smallest absolute Gasteiger partial charge is 0.252 e. The molecule has 0 aliphatic carbocycles. The molecule has 2 aromatic rings. The van der Waals surface area contributed by atoms with Crippen molar-refractivity contribution in [2.75, 3.05) is 31.1 Å². The van der Waals surface area contributed by atoms with Gasteiger partial charge < -0.3 is 19.3 Å². The van der Waals surface area contributed by atoms with E-state index in [2.05, 4.69) is 15.0 Å². The van der Waals surface area contributed by atoms with E-state index >= 15 is 0 Å². The standard InChI is InChI=1S/C14H19N5O3/c1-3-11-17-12-13(15-8-16-14(12)22-11)19-5-4-18(9(2)20)6-10(21)7-19/h8,10,21H,3-7H2,1-2H3/t10-/m0/s1. The van der Waals surface area contributed by atoms with Crippen molar-refractivity contribution in [3.63, 3.8) is 0 Å². The van der Waals surface area contributed by atoms with Gasteiger partial charge in [0.25, 0.3) is 5.71 Å². The molecule has 0 aromatic carbocycles. The van der Waals surface area contributed by atoms with E-state index < -0.39 is 6.10 Å². The number of hydrogen-bond donors (Lipinski definition) is 1. The summed E-state index contributed by atoms with van der Waals surface area (Å²) in [5, 5.41) is 10.1. The molecule has 0 spiro atoms. The molecule has 1 amide bonds. The maximum atomic E-state index is 11.5. The number of rotatable bonds is 2. The van der Waals surface area contributed by atoms with Gasteiger partial charge >= 0.3 is 0 Å². The largest absolute Gasteiger partial charge is 0.422 e. The summed E-state index contributed by atoms with van der Waals surface area (Å²) in [5.41, 5.74) is 1.05. The highest BCUT2D eigenvalue weighted by Crippen LogP contribution is 2.24. The van der Waals surface area contributed by atoms with Crippen LogP contribution in [0.2, 0.25) is 0 Å². The lowest BCUT2D eigenvalue weighted by atomic mass is 10.3. The van der Waals surface area contributed by atoms with Crippen molar-refractivity contribution in [1.29, 1.82) is 0 Å². The summed E-state index contributed by atoms with van der Waals surface area (Å²) in [6.07, 6.45) is 1.48. The van der Waals surface area contributed by atoms with Gasteiger partial charge in [0.05, 0.1) is 6.10 Å². The Kier molecular flexibility index (Phi) is 3.93. The van der Waals surface area contributed by atoms with E-state index in [1.807, 2.05) is 11.8 Å². The van der Waals surface area contributed by atoms with Crippen LogP contribution in [-0.4, -0.2) is 63.1 Å². The molecule has 1 N–H and O–H groups in total. The molecule has 118 valence electrons. The lowest BCUT2D eigenvalue weighted by Gasteiger charge is -2.22. The second-order valence-corrected chi connectivity index (χ2v) is 5.38. The van der Waals surface area contributed by atoms with Crippen molar-refractivity contribution in [2.24, 2.45) is 0 Å². The predicted molar refractivity (Wildman–Crippen MR) is 79.5 cm³/mol. The van der Waals surface area contributed by atoms with Crippen molar-refractivity contribution in [3.05, 3.63) is 12.2 Å². The molecule has 8 nitrogen and oxygen atoms in total. The minimum atomic E-state index is -0.631. The van der Waals surface area contributed by atoms with Crippen LogP contribution < -0.4 is 4.90 Å². The first-order valence-corrected chi connectivity index (χ1v) is 7.37. The molecule has 0 saturated carbocycles. The zero-order valence-electron chi connectivity index (χ0n) is 12.7. The minimum Gasteiger partial charge on any atom is -0.422 e. The van der Waals surface area contributed by atoms with Gasteiger partial charge in [-0.25, -0.2) is 9.97 Å². The summed E-state index contributed by atoms with van der Waals surface area (Å²) < 4.78 is 5.55. The summed E-state index contributed by atoms with van der Waals surface area (Å²) in [6, 6.07) is 0. The Morgan fingerprint density at radius 2 is 2.23 bits per heavy atom. The SMILES string of the molecule is CCc1nc2c(N3CCN(C(C)=O)C[C@H](O)C3)ncnc2o1. The van der Waals surface area contributed by atoms with Gasteiger partial charge in [-0.05, 0) is 0 Å². The van der Waals surface area contributed by atoms with Gasteiger partial charge in [-0.1, -0.05) is 6.92 Å². The number of aryl methyl sites for hydroxylation is 1. The highest BCUT2D eigenvalue weighted by molar-refractivity contribution is 5.81. The average molecular weight is 305 g/mol. The van der Waals surface area contributed by atoms with E-state index in [0.717, 1.165) is 0 Å². The number of anilines is 1. The zero-order chi connectivity index (χ0) is 15.7. The molecule has 0 unspecified atom stereocenters. The molecule has 0 bridgehead atoms. The quantitative estimate of drug-likeness (QED) is 0.847. The Morgan fingerprint density at radius 3 is 2.95 bits per heavy atom. The Bertz CT molecular complexity index is 686. The van der Waals surface area contributed by atoms with Gasteiger partial charge in [0.15, 0.2) is 17.2 Å². The molecule has 0 radical (unpaired) electrons. The van der Waals surface area contributed by atoms with Crippen LogP contribution >= 0.6 is 0 Å². The first-order chi connectivity index (χ1) is 10.6. The van der Waals surface area contributed by atoms with Gasteiger partial charge in [-0.3, -0.25) is 4.79 Å². The third-order valence-corrected chi connectivity index (χ3v) is 3.77. The number of amides is 1. The number of carbonyl (C=O) groups is 1. The summed E-state index contributed by atoms with van der Waals surface area (Å²) in [6.45, 7) is 5.31. The minimum absolute atomic E-state index is 0.0385. The van der Waals surface area contributed by atoms with Gasteiger partial charge in [0.1, 0.15) is 6.33 Å². The third kappa shape index (κ3) is 2.74. The fourth-order valence-corrected chi connectivity index (χ4v) is 2.64. The predicted octanol–water partition coefficient (Wildman–Crippen LogP) is 0.210. The van der Waals surface area contributed by atoms with Crippen LogP contribution in [0.25, 0.3) is 11.2 Å². The van der Waals surface area contributed by atoms with E-state index in [1.54, 1.807) is 4.90 Å². The highest BCUT2D eigenvalue weighted by Gasteiger charge is 2.25. The third-order valence-electron chi connectivity index (χ3n) is 3.77. The van der Waals surface area contributed by atoms with Crippen LogP contribution in [0.1, 0.15) is 19.7 Å². The Hall–Kier alpha value is -2.22. The van der Waals surface area contributed by atoms with E-state index in [0.29, 0.717) is 55.5 Å². The Morgan fingerprint density at radius 1 is 1.41 bits per heavy atom. The molecule has 3 heterocycles. The van der Waals surface area contributed by atoms with Crippen LogP contribution in [0, 0.1) is 0 Å². The molecule has 3 rings (SSSR count). The van der Waals surface area contributed by atoms with Crippen LogP contribution in [0.15, 0.2) is 10.7 Å². The molecule has 1 saturated heterocycles. The van der Waals surface area contributed by atoms with E-state index in [1.165, 1.54) is 13.3 Å². The number of fused-ring (bicyclic) bond motifs is 1. The number of oxazole rings is 1. The molecule has 2 aromatic heterocycles. The number of nitrogens with zero attached hydrogens (tertiary/aromatic N) is 5. The van der Waals surface area contributed by atoms with Crippen molar-refractivity contribution in [2.45, 2.75) is 26.4 Å². The number of carbonyl (C=O) groups excluding carboxylic acids is 1. The lowest BCUT2D eigenvalue weighted by Crippen LogP contribution is -2.36. The van der Waals surface area contributed by atoms with Gasteiger partial charge in [0.2, 0.25) is 5.91 Å². The normalized spacial score (nSPS) is 19.5. The van der Waals surface area contributed by atoms with E-state index in [4.69, 9.17) is 4.42 Å². The summed E-state index contributed by atoms with van der Waals surface area (Å²) >= 11 is 0. The second kappa shape index (κ2) is 5.88. The molecular weight excluding hydrogens is 286 g/mol. The van der Waals surface area contributed by atoms with Crippen molar-refractivity contribution < 1.29 is 14.3 Å². The lowest BCUT2D eigenvalue weighted by molar-refractivity contribution is -0.129. The van der Waals surface area contributed by atoms with Crippen LogP contribution in [-0.2, 0) is 11.2 Å². The second-order valence-electron chi connectivity index (χ2n) is 5.38. The molecule has 1 aliphatic rings. The average Bonchev–Trinajstić information content (AvgIpc) is 2.82. The molecule has 1 aliphatic heterocycles. The van der Waals surface area contributed by atoms with Crippen LogP contribution in [0.3, 0.4) is 0 Å². The number of aliphatic hydroxyl groups is 1. The van der Waals surface area contributed by atoms with Crippen molar-refractivity contribution >= 4 is 23.0 Å². The number of β-amino-alcohol motifs (C(OH)–C–C–N with tert-alkyl or cyclic N) is 1. The number of hydrogen-bond acceptors (Lipinski definition) is 7. The summed E-state index contributed by atoms with van der Waals surface area (Å²) in [4.78, 5) is 27.9. The van der Waals surface area contributed by atoms with E-state index in [-0.39, 0.29) is 5.91 Å². The maximum absolute atomic E-state index is 11.5. The fraction of sp³-hybridized carbons (Fsp3) is 0.571. The van der Waals surface area contributed by atoms with E-state index in [9.17, 15) is 9.90 Å². The van der Waals surface area contributed by atoms with Crippen LogP contribution in [0.5, 0.6) is 0 Å². The van der Waals surface area contributed by atoms with Crippen molar-refractivity contribution in [3.8, 4) is 0 Å². The highest BCUT2D eigenvalue weighted by atomic mass is 16.4. The number of aromatic nitrogens is 3. The Balaban J connectivity index is 1.93. The van der Waals surface area contributed by atoms with Gasteiger partial charge in [0, 0.05) is 39.5 Å². The van der Waals surface area contributed by atoms with Gasteiger partial charge in [-0.2, -0.15) is 4.98 Å². The van der Waals surface area contributed by atoms with Crippen LogP contribution in [0.4, 0.5) is 5.82 Å². The first kappa shape index (κ1) is 14.7. The first-order valence-electron chi connectivity index (χ1n) is 7.37. The van der Waals surface area contributed by atoms with Crippen molar-refractivity contribution in [1.82, 2.24) is 19.9 Å². The molecule has 1 atom stereocenters. The summed E-state index contributed by atoms with van der Waals surface area (Å²) in [5.74, 6) is 1.21. The number of aliphatic hydroxyl groups excluding tert-OH is 1. The monoisotopic (exact) mass is 305 g/mol. The molecular formula is C14H19N5O3. The molecule has 22 heavy (non-hydrogen) atoms. The fourth-order valence-electron chi connectivity index (χ4n) is 2.64.